The van der Waals surface area contributed by atoms with E-state index >= 15 is 0 Å². The molecule has 1 aromatic heterocycles. The third-order valence-corrected chi connectivity index (χ3v) is 16.9. The number of benzene rings is 1. The van der Waals surface area contributed by atoms with E-state index in [-0.39, 0.29) is 24.6 Å². The molecule has 1 aromatic carbocycles. The molecule has 1 aliphatic heterocycles. The average Bonchev–Trinajstić information content (AvgIpc) is 3.49. The SMILES string of the molecule is Nc1ccn([C@H]2CC(O)[C@@H](COP(=O)([O-])OP(=O)([O-])OP(=O)([O-])OP(=O)([O-])OP(=O)([O-])OP(=O)([O-])OCCCCCCCCCCCNC(=O)c3ccc(C=O)cc3)O2)c(=O)n1. The summed E-state index contributed by atoms with van der Waals surface area (Å²) >= 11 is 0. The van der Waals surface area contributed by atoms with Crippen LogP contribution in [0.2, 0.25) is 0 Å². The lowest BCUT2D eigenvalue weighted by Crippen LogP contribution is -2.29. The number of hydrogen-bond acceptors (Lipinski definition) is 26. The monoisotopic (exact) mass is 1000 g/mol. The summed E-state index contributed by atoms with van der Waals surface area (Å²) in [4.78, 5) is 110. The van der Waals surface area contributed by atoms with Crippen LogP contribution < -0.4 is 46.1 Å². The Bertz CT molecular complexity index is 2180. The molecule has 352 valence electrons. The third kappa shape index (κ3) is 20.3. The number of rotatable bonds is 29. The summed E-state index contributed by atoms with van der Waals surface area (Å²) in [5.74, 6) is -0.400. The molecule has 0 spiro atoms. The van der Waals surface area contributed by atoms with E-state index < -0.39 is 84.3 Å². The van der Waals surface area contributed by atoms with Gasteiger partial charge in [-0.1, -0.05) is 57.1 Å². The summed E-state index contributed by atoms with van der Waals surface area (Å²) in [5.41, 5.74) is 5.36. The molecule has 2 heterocycles. The van der Waals surface area contributed by atoms with E-state index in [2.05, 4.69) is 40.9 Å². The van der Waals surface area contributed by atoms with Gasteiger partial charge in [-0.2, -0.15) is 4.98 Å². The molecular weight excluding hydrogens is 962 g/mol. The third-order valence-electron chi connectivity index (χ3n) is 7.93. The number of nitrogens with one attached hydrogen (secondary N) is 1. The molecule has 28 nitrogen and oxygen atoms in total. The minimum atomic E-state index is -6.91. The normalized spacial score (nSPS) is 22.5. The summed E-state index contributed by atoms with van der Waals surface area (Å²) in [6, 6.07) is 7.39. The molecule has 7 unspecified atom stereocenters. The van der Waals surface area contributed by atoms with Crippen LogP contribution in [0.4, 0.5) is 5.82 Å². The van der Waals surface area contributed by atoms with Gasteiger partial charge in [0.1, 0.15) is 24.4 Å². The lowest BCUT2D eigenvalue weighted by atomic mass is 10.1. The molecule has 1 amide bonds. The molecule has 0 aliphatic carbocycles. The molecular formula is C28H40N4O24P6-6. The lowest BCUT2D eigenvalue weighted by molar-refractivity contribution is -0.256. The van der Waals surface area contributed by atoms with Crippen molar-refractivity contribution in [1.82, 2.24) is 14.9 Å². The Morgan fingerprint density at radius 3 is 1.73 bits per heavy atom. The van der Waals surface area contributed by atoms with Gasteiger partial charge in [0.25, 0.3) is 52.8 Å². The molecule has 0 radical (unpaired) electrons. The van der Waals surface area contributed by atoms with Crippen LogP contribution in [0.5, 0.6) is 0 Å². The Morgan fingerprint density at radius 1 is 0.758 bits per heavy atom. The number of aromatic nitrogens is 2. The predicted octanol–water partition coefficient (Wildman–Crippen LogP) is 0.154. The number of carbonyl (C=O) groups is 2. The smallest absolute Gasteiger partial charge is 0.351 e. The Balaban J connectivity index is 1.31. The van der Waals surface area contributed by atoms with Gasteiger partial charge in [0.2, 0.25) is 0 Å². The van der Waals surface area contributed by atoms with E-state index in [4.69, 9.17) is 10.5 Å². The van der Waals surface area contributed by atoms with Gasteiger partial charge in [0.15, 0.2) is 0 Å². The van der Waals surface area contributed by atoms with Crippen molar-refractivity contribution in [3.05, 3.63) is 58.1 Å². The molecule has 1 aliphatic rings. The van der Waals surface area contributed by atoms with Crippen molar-refractivity contribution < 1.29 is 107 Å². The number of nitrogen functional groups attached to an aromatic ring is 1. The van der Waals surface area contributed by atoms with Crippen molar-refractivity contribution in [2.45, 2.75) is 82.6 Å². The van der Waals surface area contributed by atoms with Crippen molar-refractivity contribution in [2.24, 2.45) is 0 Å². The molecule has 9 atom stereocenters. The molecule has 0 saturated carbocycles. The second-order valence-electron chi connectivity index (χ2n) is 12.9. The molecule has 2 aromatic rings. The molecule has 62 heavy (non-hydrogen) atoms. The number of phosphoric acid groups is 6. The van der Waals surface area contributed by atoms with Crippen molar-refractivity contribution in [1.29, 1.82) is 0 Å². The molecule has 1 saturated heterocycles. The van der Waals surface area contributed by atoms with E-state index in [0.717, 1.165) is 49.3 Å². The molecule has 4 N–H and O–H groups in total. The van der Waals surface area contributed by atoms with Gasteiger partial charge in [0, 0.05) is 30.3 Å². The van der Waals surface area contributed by atoms with Gasteiger partial charge >= 0.3 is 5.69 Å². The summed E-state index contributed by atoms with van der Waals surface area (Å²) < 4.78 is 103. The van der Waals surface area contributed by atoms with Crippen LogP contribution in [0, 0.1) is 0 Å². The number of nitrogens with zero attached hydrogens (tertiary/aromatic N) is 2. The number of hydrogen-bond donors (Lipinski definition) is 3. The first-order valence-corrected chi connectivity index (χ1v) is 26.7. The first-order valence-electron chi connectivity index (χ1n) is 18.0. The van der Waals surface area contributed by atoms with Gasteiger partial charge in [-0.25, -0.2) is 26.3 Å². The zero-order chi connectivity index (χ0) is 46.4. The quantitative estimate of drug-likeness (QED) is 0.0555. The first-order chi connectivity index (χ1) is 28.7. The largest absolute Gasteiger partial charge is 0.756 e. The Morgan fingerprint density at radius 2 is 1.23 bits per heavy atom. The Kier molecular flexibility index (Phi) is 20.8. The van der Waals surface area contributed by atoms with Crippen LogP contribution in [-0.2, 0) is 62.7 Å². The predicted molar refractivity (Wildman–Crippen MR) is 196 cm³/mol. The van der Waals surface area contributed by atoms with Crippen LogP contribution in [0.1, 0.15) is 91.2 Å². The highest BCUT2D eigenvalue weighted by atomic mass is 31.3. The van der Waals surface area contributed by atoms with E-state index in [0.29, 0.717) is 36.8 Å². The van der Waals surface area contributed by atoms with E-state index in [1.165, 1.54) is 6.07 Å². The first kappa shape index (κ1) is 54.2. The fraction of sp³-hybridized carbons (Fsp3) is 0.571. The maximum absolute atomic E-state index is 12.1. The second kappa shape index (κ2) is 23.8. The van der Waals surface area contributed by atoms with Crippen LogP contribution >= 0.6 is 46.9 Å². The van der Waals surface area contributed by atoms with Crippen molar-refractivity contribution in [3.8, 4) is 0 Å². The van der Waals surface area contributed by atoms with Crippen LogP contribution in [0.3, 0.4) is 0 Å². The van der Waals surface area contributed by atoms with E-state index in [1.807, 2.05) is 0 Å². The molecule has 1 fully saturated rings. The highest BCUT2D eigenvalue weighted by Crippen LogP contribution is 2.70. The number of carbonyl (C=O) groups excluding carboxylic acids is 2. The van der Waals surface area contributed by atoms with Gasteiger partial charge < -0.3 is 59.3 Å². The van der Waals surface area contributed by atoms with Gasteiger partial charge in [-0.05, 0) is 31.0 Å². The number of unbranched alkanes of at least 4 members (excludes halogenated alkanes) is 8. The Labute approximate surface area is 352 Å². The summed E-state index contributed by atoms with van der Waals surface area (Å²) in [6.07, 6.45) is 3.22. The fourth-order valence-electron chi connectivity index (χ4n) is 5.22. The number of phosphoric ester groups is 2. The number of aldehydes is 1. The van der Waals surface area contributed by atoms with Crippen LogP contribution in [0.15, 0.2) is 41.3 Å². The summed E-state index contributed by atoms with van der Waals surface area (Å²) in [5, 5.41) is 12.9. The second-order valence-corrected chi connectivity index (χ2v) is 22.0. The minimum Gasteiger partial charge on any atom is -0.756 e. The van der Waals surface area contributed by atoms with Crippen molar-refractivity contribution >= 4 is 64.9 Å². The molecule has 34 heteroatoms. The Hall–Kier alpha value is -2.18. The maximum atomic E-state index is 12.1. The number of aliphatic hydroxyl groups is 1. The highest BCUT2D eigenvalue weighted by Gasteiger charge is 2.38. The van der Waals surface area contributed by atoms with Crippen molar-refractivity contribution in [3.63, 3.8) is 0 Å². The van der Waals surface area contributed by atoms with E-state index in [9.17, 15) is 76.2 Å². The van der Waals surface area contributed by atoms with Crippen LogP contribution in [0.25, 0.3) is 0 Å². The standard InChI is InChI=1S/C28H46N4O24P6/c29-25-14-16-32(28(36)31-25)26-18-23(34)24(51-26)20-50-58(39,40)53-60(43,44)55-62(47,48)56-61(45,46)54-59(41,42)52-57(37,38)49-17-9-7-5-3-1-2-4-6-8-15-30-27(35)22-12-10-21(19-33)11-13-22/h10-14,16,19,23-24,26,34H,1-9,15,17-18,20H2,(H,30,35)(H,37,38)(H,39,40)(H,41,42)(H,43,44)(H,45,46)(H,47,48)(H2,29,31,36)/p-6/t23?,24-,26-/m1/s1. The number of aliphatic hydroxyl groups excluding tert-OH is 1. The van der Waals surface area contributed by atoms with Gasteiger partial charge in [0.05, 0.1) is 19.3 Å². The van der Waals surface area contributed by atoms with Gasteiger partial charge in [-0.3, -0.25) is 41.5 Å². The lowest BCUT2D eigenvalue weighted by Gasteiger charge is -2.38. The van der Waals surface area contributed by atoms with E-state index in [1.54, 1.807) is 24.3 Å². The summed E-state index contributed by atoms with van der Waals surface area (Å²) in [7, 11) is -39.2. The zero-order valence-corrected chi connectivity index (χ0v) is 37.3. The maximum Gasteiger partial charge on any atom is 0.351 e. The average molecular weight is 1000 g/mol. The minimum absolute atomic E-state index is 0.0668. The topological polar surface area (TPSA) is 442 Å². The number of anilines is 1. The van der Waals surface area contributed by atoms with Crippen molar-refractivity contribution in [2.75, 3.05) is 25.5 Å². The highest BCUT2D eigenvalue weighted by molar-refractivity contribution is 7.71. The van der Waals surface area contributed by atoms with Crippen LogP contribution in [-0.4, -0.2) is 58.8 Å². The number of amides is 1. The molecule has 3 rings (SSSR count). The number of ether oxygens (including phenoxy) is 1. The molecule has 0 bridgehead atoms. The zero-order valence-electron chi connectivity index (χ0n) is 32.0. The number of nitrogens with two attached hydrogens (primary N) is 1. The summed E-state index contributed by atoms with van der Waals surface area (Å²) in [6.45, 7) is -1.36. The fourth-order valence-corrected chi connectivity index (χ4v) is 12.7. The van der Waals surface area contributed by atoms with Gasteiger partial charge in [-0.15, -0.1) is 0 Å².